The van der Waals surface area contributed by atoms with Gasteiger partial charge in [-0.3, -0.25) is 9.48 Å². The molecule has 0 aliphatic rings. The lowest BCUT2D eigenvalue weighted by Crippen LogP contribution is -2.25. The van der Waals surface area contributed by atoms with Gasteiger partial charge in [0.1, 0.15) is 18.1 Å². The molecule has 1 aromatic carbocycles. The Bertz CT molecular complexity index is 962. The molecule has 0 aliphatic heterocycles. The number of carbonyl (C=O) groups excluding carboxylic acids is 1. The molecule has 0 saturated carbocycles. The fourth-order valence-corrected chi connectivity index (χ4v) is 3.15. The first-order chi connectivity index (χ1) is 13.4. The lowest BCUT2D eigenvalue weighted by molar-refractivity contribution is 0.0920. The minimum Gasteiger partial charge on any atom is -0.485 e. The van der Waals surface area contributed by atoms with E-state index < -0.39 is 0 Å². The van der Waals surface area contributed by atoms with Gasteiger partial charge in [-0.05, 0) is 69.2 Å². The van der Waals surface area contributed by atoms with E-state index in [1.54, 1.807) is 18.2 Å². The fraction of sp³-hybridized carbons (Fsp3) is 0.333. The molecule has 1 N–H and O–H groups in total. The lowest BCUT2D eigenvalue weighted by atomic mass is 10.2. The van der Waals surface area contributed by atoms with Crippen LogP contribution >= 0.6 is 11.6 Å². The van der Waals surface area contributed by atoms with Crippen molar-refractivity contribution in [3.8, 4) is 5.75 Å². The van der Waals surface area contributed by atoms with E-state index in [2.05, 4.69) is 10.4 Å². The minimum absolute atomic E-state index is 0.234. The Morgan fingerprint density at radius 2 is 2.04 bits per heavy atom. The van der Waals surface area contributed by atoms with Gasteiger partial charge in [0.2, 0.25) is 0 Å². The van der Waals surface area contributed by atoms with Gasteiger partial charge < -0.3 is 14.5 Å². The molecule has 0 unspecified atom stereocenters. The van der Waals surface area contributed by atoms with Gasteiger partial charge in [-0.15, -0.1) is 0 Å². The molecule has 0 aliphatic carbocycles. The van der Waals surface area contributed by atoms with E-state index in [1.165, 1.54) is 0 Å². The number of nitrogens with zero attached hydrogens (tertiary/aromatic N) is 2. The summed E-state index contributed by atoms with van der Waals surface area (Å²) < 4.78 is 13.3. The maximum atomic E-state index is 12.2. The van der Waals surface area contributed by atoms with Gasteiger partial charge in [-0.25, -0.2) is 0 Å². The van der Waals surface area contributed by atoms with Crippen molar-refractivity contribution in [3.63, 3.8) is 0 Å². The van der Waals surface area contributed by atoms with Crippen LogP contribution in [0.15, 0.2) is 40.8 Å². The Labute approximate surface area is 169 Å². The van der Waals surface area contributed by atoms with E-state index in [0.29, 0.717) is 17.3 Å². The van der Waals surface area contributed by atoms with E-state index in [0.717, 1.165) is 35.7 Å². The van der Waals surface area contributed by atoms with Crippen LogP contribution in [0.5, 0.6) is 5.75 Å². The number of hydrogen-bond donors (Lipinski definition) is 1. The summed E-state index contributed by atoms with van der Waals surface area (Å²) in [4.78, 5) is 12.2. The highest BCUT2D eigenvalue weighted by molar-refractivity contribution is 6.30. The van der Waals surface area contributed by atoms with Crippen molar-refractivity contribution in [2.24, 2.45) is 0 Å². The summed E-state index contributed by atoms with van der Waals surface area (Å²) in [5.74, 6) is 1.36. The van der Waals surface area contributed by atoms with Gasteiger partial charge >= 0.3 is 0 Å². The Morgan fingerprint density at radius 3 is 2.75 bits per heavy atom. The molecule has 2 aromatic heterocycles. The van der Waals surface area contributed by atoms with Crippen LogP contribution in [0.1, 0.15) is 39.7 Å². The number of carbonyl (C=O) groups is 1. The highest BCUT2D eigenvalue weighted by Crippen LogP contribution is 2.23. The van der Waals surface area contributed by atoms with Gasteiger partial charge in [0, 0.05) is 23.8 Å². The minimum atomic E-state index is -0.234. The first kappa shape index (κ1) is 20.0. The summed E-state index contributed by atoms with van der Waals surface area (Å²) in [6.07, 6.45) is 0.792. The van der Waals surface area contributed by atoms with Crippen LogP contribution in [-0.2, 0) is 13.2 Å². The van der Waals surface area contributed by atoms with Crippen molar-refractivity contribution in [1.82, 2.24) is 15.1 Å². The predicted octanol–water partition coefficient (Wildman–Crippen LogP) is 4.45. The highest BCUT2D eigenvalue weighted by Gasteiger charge is 2.12. The van der Waals surface area contributed by atoms with Crippen LogP contribution in [-0.4, -0.2) is 22.2 Å². The summed E-state index contributed by atoms with van der Waals surface area (Å²) in [6, 6.07) is 10.9. The molecular formula is C21H24ClN3O3. The third-order valence-corrected chi connectivity index (χ3v) is 4.56. The van der Waals surface area contributed by atoms with Crippen LogP contribution in [0.25, 0.3) is 0 Å². The highest BCUT2D eigenvalue weighted by atomic mass is 35.5. The number of rotatable bonds is 8. The normalized spacial score (nSPS) is 10.9. The summed E-state index contributed by atoms with van der Waals surface area (Å²) in [5, 5.41) is 7.94. The van der Waals surface area contributed by atoms with E-state index in [9.17, 15) is 4.79 Å². The average Bonchev–Trinajstić information content (AvgIpc) is 3.24. The molecule has 1 amide bonds. The summed E-state index contributed by atoms with van der Waals surface area (Å²) >= 11 is 5.94. The van der Waals surface area contributed by atoms with Gasteiger partial charge in [-0.2, -0.15) is 5.10 Å². The van der Waals surface area contributed by atoms with Crippen molar-refractivity contribution in [2.45, 2.75) is 40.3 Å². The molecule has 7 heteroatoms. The average molecular weight is 402 g/mol. The number of ether oxygens (including phenoxy) is 1. The monoisotopic (exact) mass is 401 g/mol. The number of nitrogens with one attached hydrogen (secondary N) is 1. The van der Waals surface area contributed by atoms with Crippen molar-refractivity contribution in [2.75, 3.05) is 6.54 Å². The van der Waals surface area contributed by atoms with Crippen LogP contribution in [0.4, 0.5) is 0 Å². The van der Waals surface area contributed by atoms with Crippen molar-refractivity contribution >= 4 is 17.5 Å². The number of aryl methyl sites for hydroxylation is 4. The van der Waals surface area contributed by atoms with Crippen LogP contribution in [0, 0.1) is 20.8 Å². The second kappa shape index (κ2) is 8.97. The zero-order valence-electron chi connectivity index (χ0n) is 16.3. The predicted molar refractivity (Wildman–Crippen MR) is 108 cm³/mol. The lowest BCUT2D eigenvalue weighted by Gasteiger charge is -2.08. The molecule has 148 valence electrons. The Morgan fingerprint density at radius 1 is 1.21 bits per heavy atom. The second-order valence-electron chi connectivity index (χ2n) is 6.72. The molecule has 2 heterocycles. The van der Waals surface area contributed by atoms with Gasteiger partial charge in [0.15, 0.2) is 5.76 Å². The third kappa shape index (κ3) is 5.16. The van der Waals surface area contributed by atoms with Crippen molar-refractivity contribution in [3.05, 3.63) is 69.9 Å². The topological polar surface area (TPSA) is 69.3 Å². The molecule has 0 radical (unpaired) electrons. The molecule has 0 spiro atoms. The maximum absolute atomic E-state index is 12.2. The van der Waals surface area contributed by atoms with Gasteiger partial charge in [0.25, 0.3) is 5.91 Å². The fourth-order valence-electron chi connectivity index (χ4n) is 2.92. The second-order valence-corrected chi connectivity index (χ2v) is 7.16. The van der Waals surface area contributed by atoms with Crippen molar-refractivity contribution in [1.29, 1.82) is 0 Å². The number of amides is 1. The largest absolute Gasteiger partial charge is 0.485 e. The SMILES string of the molecule is Cc1cc(C)n(CCCNC(=O)c2ccc(COc3ccc(Cl)cc3C)o2)n1. The molecule has 0 fully saturated rings. The van der Waals surface area contributed by atoms with E-state index >= 15 is 0 Å². The van der Waals surface area contributed by atoms with E-state index in [1.807, 2.05) is 43.7 Å². The summed E-state index contributed by atoms with van der Waals surface area (Å²) in [7, 11) is 0. The molecule has 3 aromatic rings. The zero-order chi connectivity index (χ0) is 20.1. The maximum Gasteiger partial charge on any atom is 0.286 e. The number of furan rings is 1. The van der Waals surface area contributed by atoms with Crippen LogP contribution in [0.2, 0.25) is 5.02 Å². The van der Waals surface area contributed by atoms with E-state index in [-0.39, 0.29) is 18.3 Å². The quantitative estimate of drug-likeness (QED) is 0.566. The Balaban J connectivity index is 1.45. The van der Waals surface area contributed by atoms with Crippen LogP contribution in [0.3, 0.4) is 0 Å². The number of aromatic nitrogens is 2. The standard InChI is InChI=1S/C21H24ClN3O3/c1-14-11-17(22)5-7-19(14)27-13-18-6-8-20(28-18)21(26)23-9-4-10-25-16(3)12-15(2)24-25/h5-8,11-12H,4,9-10,13H2,1-3H3,(H,23,26). The van der Waals surface area contributed by atoms with Crippen LogP contribution < -0.4 is 10.1 Å². The van der Waals surface area contributed by atoms with Crippen molar-refractivity contribution < 1.29 is 13.9 Å². The summed E-state index contributed by atoms with van der Waals surface area (Å²) in [5.41, 5.74) is 3.07. The molecule has 0 saturated heterocycles. The third-order valence-electron chi connectivity index (χ3n) is 4.33. The molecule has 0 atom stereocenters. The molecule has 0 bridgehead atoms. The first-order valence-electron chi connectivity index (χ1n) is 9.19. The number of hydrogen-bond acceptors (Lipinski definition) is 4. The smallest absolute Gasteiger partial charge is 0.286 e. The molecular weight excluding hydrogens is 378 g/mol. The Hall–Kier alpha value is -2.73. The Kier molecular flexibility index (Phi) is 6.41. The van der Waals surface area contributed by atoms with Gasteiger partial charge in [-0.1, -0.05) is 11.6 Å². The number of halogens is 1. The number of benzene rings is 1. The summed E-state index contributed by atoms with van der Waals surface area (Å²) in [6.45, 7) is 7.47. The van der Waals surface area contributed by atoms with E-state index in [4.69, 9.17) is 20.8 Å². The molecule has 3 rings (SSSR count). The molecule has 28 heavy (non-hydrogen) atoms. The molecule has 6 nitrogen and oxygen atoms in total. The first-order valence-corrected chi connectivity index (χ1v) is 9.57. The zero-order valence-corrected chi connectivity index (χ0v) is 17.0. The van der Waals surface area contributed by atoms with Gasteiger partial charge in [0.05, 0.1) is 5.69 Å².